The minimum absolute atomic E-state index is 0.0518. The lowest BCUT2D eigenvalue weighted by atomic mass is 10.2. The van der Waals surface area contributed by atoms with Crippen LogP contribution in [0.15, 0.2) is 5.16 Å². The molecule has 2 heterocycles. The fourth-order valence-corrected chi connectivity index (χ4v) is 3.28. The number of aromatic nitrogens is 3. The van der Waals surface area contributed by atoms with E-state index in [0.717, 1.165) is 42.7 Å². The number of fused-ring (bicyclic) bond motifs is 1. The van der Waals surface area contributed by atoms with Crippen LogP contribution >= 0.6 is 11.8 Å². The van der Waals surface area contributed by atoms with Crippen LogP contribution in [0.4, 0.5) is 0 Å². The molecule has 1 aromatic heterocycles. The van der Waals surface area contributed by atoms with Crippen molar-refractivity contribution < 1.29 is 0 Å². The molecular weight excluding hydrogens is 258 g/mol. The van der Waals surface area contributed by atoms with E-state index in [1.54, 1.807) is 11.8 Å². The van der Waals surface area contributed by atoms with Gasteiger partial charge in [0.05, 0.1) is 12.1 Å². The molecule has 0 radical (unpaired) electrons. The van der Waals surface area contributed by atoms with Gasteiger partial charge in [-0.1, -0.05) is 25.1 Å². The first-order valence-corrected chi connectivity index (χ1v) is 8.01. The molecule has 0 bridgehead atoms. The van der Waals surface area contributed by atoms with E-state index in [1.165, 1.54) is 19.3 Å². The molecule has 0 aromatic carbocycles. The lowest BCUT2D eigenvalue weighted by Crippen LogP contribution is -2.27. The van der Waals surface area contributed by atoms with Gasteiger partial charge in [-0.2, -0.15) is 5.26 Å². The van der Waals surface area contributed by atoms with Gasteiger partial charge >= 0.3 is 0 Å². The number of nitrogens with one attached hydrogen (secondary N) is 1. The Morgan fingerprint density at radius 3 is 3.11 bits per heavy atom. The Morgan fingerprint density at radius 2 is 2.32 bits per heavy atom. The van der Waals surface area contributed by atoms with Crippen LogP contribution in [-0.4, -0.2) is 33.1 Å². The Balaban J connectivity index is 1.86. The largest absolute Gasteiger partial charge is 0.306 e. The normalized spacial score (nSPS) is 16.4. The topological polar surface area (TPSA) is 66.5 Å². The average Bonchev–Trinajstić information content (AvgIpc) is 2.66. The van der Waals surface area contributed by atoms with Gasteiger partial charge in [-0.25, -0.2) is 0 Å². The predicted molar refractivity (Wildman–Crippen MR) is 76.0 cm³/mol. The first kappa shape index (κ1) is 14.4. The van der Waals surface area contributed by atoms with Gasteiger partial charge in [0, 0.05) is 18.7 Å². The Hall–Kier alpha value is -1.06. The van der Waals surface area contributed by atoms with Crippen LogP contribution < -0.4 is 5.32 Å². The van der Waals surface area contributed by atoms with Crippen LogP contribution in [0.1, 0.15) is 38.4 Å². The van der Waals surface area contributed by atoms with E-state index in [2.05, 4.69) is 26.2 Å². The fraction of sp³-hybridized carbons (Fsp3) is 0.769. The minimum Gasteiger partial charge on any atom is -0.306 e. The molecule has 1 unspecified atom stereocenters. The maximum atomic E-state index is 8.99. The molecule has 2 rings (SSSR count). The van der Waals surface area contributed by atoms with Gasteiger partial charge in [0.2, 0.25) is 0 Å². The van der Waals surface area contributed by atoms with Crippen molar-refractivity contribution in [3.05, 3.63) is 5.82 Å². The summed E-state index contributed by atoms with van der Waals surface area (Å²) in [6, 6.07) is 2.24. The van der Waals surface area contributed by atoms with E-state index in [1.807, 2.05) is 6.92 Å². The van der Waals surface area contributed by atoms with E-state index in [0.29, 0.717) is 0 Å². The molecule has 0 saturated carbocycles. The molecule has 104 valence electrons. The minimum atomic E-state index is -0.0518. The monoisotopic (exact) mass is 279 g/mol. The zero-order valence-corrected chi connectivity index (χ0v) is 12.2. The van der Waals surface area contributed by atoms with E-state index < -0.39 is 0 Å². The van der Waals surface area contributed by atoms with E-state index >= 15 is 0 Å². The molecule has 1 N–H and O–H groups in total. The molecule has 0 aliphatic carbocycles. The highest BCUT2D eigenvalue weighted by molar-refractivity contribution is 7.99. The van der Waals surface area contributed by atoms with Gasteiger partial charge < -0.3 is 9.88 Å². The molecule has 6 heteroatoms. The first-order chi connectivity index (χ1) is 9.35. The van der Waals surface area contributed by atoms with Crippen LogP contribution in [0.2, 0.25) is 0 Å². The van der Waals surface area contributed by atoms with Crippen LogP contribution in [0, 0.1) is 11.3 Å². The third-order valence-corrected chi connectivity index (χ3v) is 4.32. The van der Waals surface area contributed by atoms with Crippen LogP contribution in [0.3, 0.4) is 0 Å². The summed E-state index contributed by atoms with van der Waals surface area (Å²) >= 11 is 1.72. The van der Waals surface area contributed by atoms with Crippen molar-refractivity contribution >= 4 is 11.8 Å². The van der Waals surface area contributed by atoms with Crippen LogP contribution in [0.25, 0.3) is 0 Å². The zero-order valence-electron chi connectivity index (χ0n) is 11.4. The number of hydrogen-bond acceptors (Lipinski definition) is 5. The summed E-state index contributed by atoms with van der Waals surface area (Å²) in [7, 11) is 0. The van der Waals surface area contributed by atoms with Crippen molar-refractivity contribution in [3.8, 4) is 6.07 Å². The summed E-state index contributed by atoms with van der Waals surface area (Å²) in [5.41, 5.74) is 0. The van der Waals surface area contributed by atoms with Crippen molar-refractivity contribution in [3.63, 3.8) is 0 Å². The first-order valence-electron chi connectivity index (χ1n) is 7.03. The summed E-state index contributed by atoms with van der Waals surface area (Å²) in [4.78, 5) is 0. The second kappa shape index (κ2) is 7.51. The van der Waals surface area contributed by atoms with Gasteiger partial charge in [0.25, 0.3) is 0 Å². The third-order valence-electron chi connectivity index (χ3n) is 3.32. The van der Waals surface area contributed by atoms with Crippen molar-refractivity contribution in [1.82, 2.24) is 20.1 Å². The molecule has 0 spiro atoms. The average molecular weight is 279 g/mol. The van der Waals surface area contributed by atoms with Crippen molar-refractivity contribution in [2.45, 2.75) is 56.8 Å². The molecule has 1 aliphatic heterocycles. The maximum absolute atomic E-state index is 8.99. The Kier molecular flexibility index (Phi) is 5.67. The number of aryl methyl sites for hydroxylation is 1. The summed E-state index contributed by atoms with van der Waals surface area (Å²) in [6.45, 7) is 3.90. The highest BCUT2D eigenvalue weighted by Gasteiger charge is 2.15. The molecule has 0 saturated heterocycles. The predicted octanol–water partition coefficient (Wildman–Crippen LogP) is 1.99. The van der Waals surface area contributed by atoms with E-state index in [9.17, 15) is 0 Å². The van der Waals surface area contributed by atoms with Gasteiger partial charge in [0.15, 0.2) is 5.16 Å². The Morgan fingerprint density at radius 1 is 1.42 bits per heavy atom. The molecule has 0 amide bonds. The smallest absolute Gasteiger partial charge is 0.191 e. The number of nitrogens with zero attached hydrogens (tertiary/aromatic N) is 4. The van der Waals surface area contributed by atoms with Crippen LogP contribution in [0.5, 0.6) is 0 Å². The summed E-state index contributed by atoms with van der Waals surface area (Å²) in [6.07, 6.45) is 5.61. The third kappa shape index (κ3) is 3.95. The van der Waals surface area contributed by atoms with E-state index in [4.69, 9.17) is 5.26 Å². The van der Waals surface area contributed by atoms with Gasteiger partial charge in [0.1, 0.15) is 5.82 Å². The zero-order chi connectivity index (χ0) is 13.5. The molecule has 1 atom stereocenters. The quantitative estimate of drug-likeness (QED) is 0.807. The van der Waals surface area contributed by atoms with E-state index in [-0.39, 0.29) is 6.04 Å². The Labute approximate surface area is 118 Å². The number of hydrogen-bond donors (Lipinski definition) is 1. The van der Waals surface area contributed by atoms with Gasteiger partial charge in [-0.05, 0) is 25.8 Å². The van der Waals surface area contributed by atoms with Gasteiger partial charge in [-0.15, -0.1) is 10.2 Å². The van der Waals surface area contributed by atoms with Crippen molar-refractivity contribution in [1.29, 1.82) is 5.26 Å². The fourth-order valence-electron chi connectivity index (χ4n) is 2.29. The molecule has 1 aromatic rings. The SMILES string of the molecule is CCNC(C#N)CCSc1nnc2n1CCCCC2. The summed E-state index contributed by atoms with van der Waals surface area (Å²) < 4.78 is 2.26. The molecule has 5 nitrogen and oxygen atoms in total. The lowest BCUT2D eigenvalue weighted by Gasteiger charge is -2.09. The number of rotatable bonds is 6. The second-order valence-electron chi connectivity index (χ2n) is 4.74. The molecule has 19 heavy (non-hydrogen) atoms. The summed E-state index contributed by atoms with van der Waals surface area (Å²) in [5, 5.41) is 21.7. The molecule has 0 fully saturated rings. The van der Waals surface area contributed by atoms with Gasteiger partial charge in [-0.3, -0.25) is 0 Å². The number of thioether (sulfide) groups is 1. The maximum Gasteiger partial charge on any atom is 0.191 e. The van der Waals surface area contributed by atoms with Crippen LogP contribution in [-0.2, 0) is 13.0 Å². The molecule has 1 aliphatic rings. The lowest BCUT2D eigenvalue weighted by molar-refractivity contribution is 0.588. The highest BCUT2D eigenvalue weighted by atomic mass is 32.2. The summed E-state index contributed by atoms with van der Waals surface area (Å²) in [5.74, 6) is 2.03. The Bertz CT molecular complexity index is 437. The standard InChI is InChI=1S/C13H21N5S/c1-2-15-11(10-14)7-9-19-13-17-16-12-6-4-3-5-8-18(12)13/h11,15H,2-9H2,1H3. The highest BCUT2D eigenvalue weighted by Crippen LogP contribution is 2.22. The number of nitriles is 1. The molecular formula is C13H21N5S. The van der Waals surface area contributed by atoms with Crippen molar-refractivity contribution in [2.75, 3.05) is 12.3 Å². The van der Waals surface area contributed by atoms with Crippen molar-refractivity contribution in [2.24, 2.45) is 0 Å². The second-order valence-corrected chi connectivity index (χ2v) is 5.80.